The molecule has 0 amide bonds. The molecule has 1 unspecified atom stereocenters. The molecule has 5 aromatic heterocycles. The van der Waals surface area contributed by atoms with Gasteiger partial charge in [0.25, 0.3) is 0 Å². The zero-order chi connectivity index (χ0) is 89.1. The molecular weight excluding hydrogens is 1420 g/mol. The Morgan fingerprint density at radius 3 is 1.18 bits per heavy atom. The van der Waals surface area contributed by atoms with Crippen molar-refractivity contribution in [3.63, 3.8) is 0 Å². The number of ether oxygens (including phenoxy) is 1. The lowest BCUT2D eigenvalue weighted by Gasteiger charge is -2.34. The van der Waals surface area contributed by atoms with Gasteiger partial charge in [0.15, 0.2) is 6.20 Å². The van der Waals surface area contributed by atoms with Gasteiger partial charge in [-0.05, 0) is 239 Å². The average Bonchev–Trinajstić information content (AvgIpc) is 1.20. The van der Waals surface area contributed by atoms with Crippen molar-refractivity contribution in [1.82, 2.24) is 82.7 Å². The van der Waals surface area contributed by atoms with E-state index in [0.717, 1.165) is 74.9 Å². The van der Waals surface area contributed by atoms with E-state index in [-0.39, 0.29) is 17.6 Å². The number of tetrazole rings is 1. The van der Waals surface area contributed by atoms with Gasteiger partial charge in [-0.1, -0.05) is 150 Å². The van der Waals surface area contributed by atoms with Gasteiger partial charge in [-0.25, -0.2) is 22.7 Å². The van der Waals surface area contributed by atoms with Crippen molar-refractivity contribution in [2.75, 3.05) is 98.0 Å². The number of sulfonamides is 1. The van der Waals surface area contributed by atoms with Gasteiger partial charge in [0.05, 0.1) is 43.7 Å². The summed E-state index contributed by atoms with van der Waals surface area (Å²) in [4.78, 5) is 27.6. The molecule has 0 N–H and O–H groups in total. The number of likely N-dealkylation sites (N-methyl/N-ethyl adjacent to an activating group) is 1. The van der Waals surface area contributed by atoms with Crippen LogP contribution in [0.25, 0.3) is 0 Å². The first-order chi connectivity index (χ1) is 53.2. The predicted molar refractivity (Wildman–Crippen MR) is 492 cm³/mol. The van der Waals surface area contributed by atoms with E-state index in [1.807, 2.05) is 217 Å². The van der Waals surface area contributed by atoms with Crippen molar-refractivity contribution in [3.05, 3.63) is 90.4 Å². The molecule has 0 radical (unpaired) electrons. The molecule has 22 nitrogen and oxygen atoms in total. The summed E-state index contributed by atoms with van der Waals surface area (Å²) in [5, 5.41) is 18.5. The third-order valence-electron chi connectivity index (χ3n) is 17.1. The van der Waals surface area contributed by atoms with Crippen molar-refractivity contribution in [2.24, 2.45) is 18.9 Å². The maximum absolute atomic E-state index is 11.3. The zero-order valence-electron chi connectivity index (χ0n) is 82.1. The molecule has 668 valence electrons. The lowest BCUT2D eigenvalue weighted by Crippen LogP contribution is -2.47. The Morgan fingerprint density at radius 2 is 0.911 bits per heavy atom. The summed E-state index contributed by atoms with van der Waals surface area (Å²) in [5.74, 6) is 3.03. The molecule has 5 fully saturated rings. The van der Waals surface area contributed by atoms with E-state index in [4.69, 9.17) is 4.74 Å². The molecule has 23 heteroatoms. The molecule has 5 aromatic rings. The minimum atomic E-state index is -2.89. The van der Waals surface area contributed by atoms with Gasteiger partial charge < -0.3 is 33.1 Å². The van der Waals surface area contributed by atoms with Crippen molar-refractivity contribution >= 4 is 10.0 Å². The molecule has 0 aliphatic carbocycles. The molecule has 0 saturated carbocycles. The number of morpholine rings is 1. The number of rotatable bonds is 11. The van der Waals surface area contributed by atoms with E-state index in [0.29, 0.717) is 42.5 Å². The first-order valence-electron chi connectivity index (χ1n) is 44.7. The summed E-state index contributed by atoms with van der Waals surface area (Å²) in [6.45, 7) is 100. The number of piperidine rings is 1. The standard InChI is InChI=1S/C10H21N.C8H13N2O.C8H18N2.C8H17N.C7H15NO2S.C7H15NO.C7H11N.C6H10N2.C5H10N4.C5H9N3.9C2H6/c1-8(2)10-5-6-11(7-10)9(3)4;1-7(2)10-5-4-9(3)6-8(10)11;1-8(2)10-6-4-9(3)5-7-10;1-8(2)9-6-4-3-5-7-9;1-7(2)8-5-3-4-6-11(8,9)10;1-7(2)8-3-5-9-6-4-8;1-7(2)8-5-3-4-6-8;1-6(2)8-4-3-7-5-8;1-4(2)9-5(3)6-7-8-9;1-5(2)8-4-3-6-7-8;9*1-2/h8-10H,5-7H2,1-4H3;4-7H,1-3H3;8H,4-7H2,1-3H3;8H,3-7H2,1-2H3;7H,3-6H2,1-2H3;7H,3-6H2,1-2H3;3-7H,1-2H3;3-6H,1-2H3;4H,1-3H3;3-5H,1-2H3;9*1-2H3/q;+1;;;;;;;;;;;;;;;;;. The topological polar surface area (TPSA) is 186 Å². The largest absolute Gasteiger partial charge is 0.379 e. The summed E-state index contributed by atoms with van der Waals surface area (Å²) >= 11 is 0. The number of aromatic nitrogens is 12. The smallest absolute Gasteiger partial charge is 0.315 e. The quantitative estimate of drug-likeness (QED) is 0.114. The van der Waals surface area contributed by atoms with E-state index < -0.39 is 10.0 Å². The number of hydrogen-bond donors (Lipinski definition) is 0. The lowest BCUT2D eigenvalue weighted by molar-refractivity contribution is -0.673. The van der Waals surface area contributed by atoms with Crippen molar-refractivity contribution < 1.29 is 17.7 Å². The van der Waals surface area contributed by atoms with Gasteiger partial charge >= 0.3 is 5.56 Å². The monoisotopic (exact) mass is 1610 g/mol. The Bertz CT molecular complexity index is 2600. The second-order valence-corrected chi connectivity index (χ2v) is 30.5. The number of likely N-dealkylation sites (tertiary alicyclic amines) is 2. The summed E-state index contributed by atoms with van der Waals surface area (Å²) in [6, 6.07) is 9.32. The second kappa shape index (κ2) is 84.2. The van der Waals surface area contributed by atoms with Crippen LogP contribution in [0, 0.1) is 18.8 Å². The van der Waals surface area contributed by atoms with Crippen molar-refractivity contribution in [3.8, 4) is 0 Å². The summed E-state index contributed by atoms with van der Waals surface area (Å²) in [7, 11) is 1.14. The van der Waals surface area contributed by atoms with Gasteiger partial charge in [-0.2, -0.15) is 4.31 Å². The second-order valence-electron chi connectivity index (χ2n) is 28.5. The van der Waals surface area contributed by atoms with Crippen LogP contribution in [0.2, 0.25) is 0 Å². The van der Waals surface area contributed by atoms with Crippen LogP contribution in [0.4, 0.5) is 0 Å². The molecule has 0 bridgehead atoms. The van der Waals surface area contributed by atoms with E-state index in [1.165, 1.54) is 78.0 Å². The Morgan fingerprint density at radius 1 is 0.455 bits per heavy atom. The van der Waals surface area contributed by atoms with Crippen molar-refractivity contribution in [2.45, 2.75) is 383 Å². The molecule has 10 rings (SSSR count). The lowest BCUT2D eigenvalue weighted by atomic mass is 9.95. The minimum absolute atomic E-state index is 0.0463. The fraction of sp³-hybridized carbons (Fsp3) is 0.843. The molecule has 0 aromatic carbocycles. The highest BCUT2D eigenvalue weighted by atomic mass is 32.2. The zero-order valence-corrected chi connectivity index (χ0v) is 82.9. The molecule has 5 aliphatic heterocycles. The highest BCUT2D eigenvalue weighted by Gasteiger charge is 2.28. The number of aryl methyl sites for hydroxylation is 2. The third kappa shape index (κ3) is 65.4. The van der Waals surface area contributed by atoms with Crippen LogP contribution >= 0.6 is 0 Å². The number of nitrogens with zero attached hydrogens (tertiary/aromatic N) is 18. The summed E-state index contributed by atoms with van der Waals surface area (Å²) in [6.07, 6.45) is 26.0. The Hall–Kier alpha value is -4.75. The van der Waals surface area contributed by atoms with Gasteiger partial charge in [-0.3, -0.25) is 19.3 Å². The van der Waals surface area contributed by atoms with Crippen molar-refractivity contribution in [1.29, 1.82) is 0 Å². The van der Waals surface area contributed by atoms with Crippen LogP contribution in [0.5, 0.6) is 0 Å². The highest BCUT2D eigenvalue weighted by molar-refractivity contribution is 7.89. The van der Waals surface area contributed by atoms with Gasteiger partial charge in [0, 0.05) is 138 Å². The first kappa shape index (κ1) is 125. The number of imidazole rings is 1. The fourth-order valence-corrected chi connectivity index (χ4v) is 12.4. The number of piperazine rings is 1. The Labute approximate surface area is 696 Å². The first-order valence-corrected chi connectivity index (χ1v) is 46.3. The fourth-order valence-electron chi connectivity index (χ4n) is 10.5. The third-order valence-corrected chi connectivity index (χ3v) is 19.2. The van der Waals surface area contributed by atoms with E-state index >= 15 is 0 Å². The van der Waals surface area contributed by atoms with Crippen LogP contribution in [-0.2, 0) is 21.8 Å². The molecular formula is C89H193N18O4S+. The molecule has 10 heterocycles. The van der Waals surface area contributed by atoms with Gasteiger partial charge in [0.1, 0.15) is 12.9 Å². The Balaban J connectivity index is -0.000000147. The molecule has 1 atom stereocenters. The summed E-state index contributed by atoms with van der Waals surface area (Å²) in [5.41, 5.74) is 0.0463. The van der Waals surface area contributed by atoms with Crippen LogP contribution in [-0.4, -0.2) is 219 Å². The molecule has 112 heavy (non-hydrogen) atoms. The number of hydrogen-bond acceptors (Lipinski definition) is 15. The van der Waals surface area contributed by atoms with Crippen LogP contribution < -0.4 is 10.1 Å². The Kier molecular flexibility index (Phi) is 94.3. The molecule has 5 saturated heterocycles. The maximum Gasteiger partial charge on any atom is 0.315 e. The van der Waals surface area contributed by atoms with E-state index in [2.05, 4.69) is 195 Å². The average molecular weight is 1610 g/mol. The minimum Gasteiger partial charge on any atom is -0.379 e. The van der Waals surface area contributed by atoms with Crippen LogP contribution in [0.1, 0.15) is 352 Å². The predicted octanol–water partition coefficient (Wildman–Crippen LogP) is 20.9. The van der Waals surface area contributed by atoms with Gasteiger partial charge in [-0.15, -0.1) is 10.2 Å². The van der Waals surface area contributed by atoms with E-state index in [9.17, 15) is 13.2 Å². The highest BCUT2D eigenvalue weighted by Crippen LogP contribution is 2.25. The van der Waals surface area contributed by atoms with Crippen LogP contribution in [0.15, 0.2) is 79.0 Å². The summed E-state index contributed by atoms with van der Waals surface area (Å²) < 4.78 is 40.8. The normalized spacial score (nSPS) is 15.6. The van der Waals surface area contributed by atoms with Crippen LogP contribution in [0.3, 0.4) is 0 Å². The van der Waals surface area contributed by atoms with Gasteiger partial charge in [0.2, 0.25) is 16.2 Å². The van der Waals surface area contributed by atoms with E-state index in [1.54, 1.807) is 47.6 Å². The molecule has 5 aliphatic rings. The SMILES string of the molecule is CC.CC.CC.CC.CC.CC.CC.CC.CC.CC(C)C1CCN(C(C)C)C1.CC(C)N1CCCCC1.CC(C)N1CCCCS1(=O)=O.CC(C)N1CCN(C)CC1.CC(C)N1CCOCC1.CC(C)n1cc[n+](C)cc1=O.CC(C)n1cccc1.CC(C)n1ccnc1.CC(C)n1ccnn1.Cc1nnnn1C(C)C. The maximum atomic E-state index is 11.3. The molecule has 0 spiro atoms.